The standard InChI is InChI=1S/C25H28FN3O6/c26-15-1-3-16(4-2-15)27-25(32)28-17-5-6-21-19(11-17)20-12-18(34-22(14-30)24(20)35-21)13-23(31)29-7-9-33-10-8-29/h1-6,11,18,20,22,24,30H,7-10,12-14H2,(H2,27,28,32)/t18-,20+,22-,24-/m1/s1. The quantitative estimate of drug-likeness (QED) is 0.601. The van der Waals surface area contributed by atoms with Gasteiger partial charge in [0.1, 0.15) is 23.8 Å². The van der Waals surface area contributed by atoms with E-state index in [1.807, 2.05) is 6.07 Å². The number of anilines is 2. The predicted molar refractivity (Wildman–Crippen MR) is 125 cm³/mol. The minimum Gasteiger partial charge on any atom is -0.487 e. The second-order valence-corrected chi connectivity index (χ2v) is 8.94. The zero-order chi connectivity index (χ0) is 24.4. The molecule has 2 aromatic carbocycles. The molecular formula is C25H28FN3O6. The first-order chi connectivity index (χ1) is 17.0. The third kappa shape index (κ3) is 5.24. The number of amides is 3. The minimum absolute atomic E-state index is 0.0143. The fourth-order valence-corrected chi connectivity index (χ4v) is 4.93. The van der Waals surface area contributed by atoms with Gasteiger partial charge in [-0.3, -0.25) is 4.79 Å². The fraction of sp³-hybridized carbons (Fsp3) is 0.440. The zero-order valence-corrected chi connectivity index (χ0v) is 19.1. The number of nitrogens with zero attached hydrogens (tertiary/aromatic N) is 1. The lowest BCUT2D eigenvalue weighted by Crippen LogP contribution is -2.48. The van der Waals surface area contributed by atoms with E-state index >= 15 is 0 Å². The molecule has 5 rings (SSSR count). The molecule has 3 amide bonds. The average molecular weight is 486 g/mol. The van der Waals surface area contributed by atoms with Crippen molar-refractivity contribution < 1.29 is 33.3 Å². The summed E-state index contributed by atoms with van der Waals surface area (Å²) >= 11 is 0. The van der Waals surface area contributed by atoms with Gasteiger partial charge in [-0.15, -0.1) is 0 Å². The maximum absolute atomic E-state index is 13.1. The van der Waals surface area contributed by atoms with Crippen LogP contribution in [0.4, 0.5) is 20.6 Å². The second-order valence-electron chi connectivity index (χ2n) is 8.94. The Balaban J connectivity index is 1.27. The number of ether oxygens (including phenoxy) is 3. The Kier molecular flexibility index (Phi) is 6.85. The number of halogens is 1. The SMILES string of the molecule is O=C(Nc1ccc(F)cc1)Nc1ccc2c(c1)[C@@H]1C[C@H](CC(=O)N3CCOCC3)O[C@H](CO)[C@@H]1O2. The van der Waals surface area contributed by atoms with Crippen molar-refractivity contribution in [2.45, 2.75) is 37.1 Å². The van der Waals surface area contributed by atoms with E-state index in [9.17, 15) is 19.1 Å². The van der Waals surface area contributed by atoms with Gasteiger partial charge in [0.05, 0.1) is 32.3 Å². The van der Waals surface area contributed by atoms with Gasteiger partial charge in [-0.05, 0) is 48.9 Å². The van der Waals surface area contributed by atoms with Crippen molar-refractivity contribution in [3.8, 4) is 5.75 Å². The lowest BCUT2D eigenvalue weighted by atomic mass is 9.84. The van der Waals surface area contributed by atoms with Crippen LogP contribution in [0, 0.1) is 5.82 Å². The summed E-state index contributed by atoms with van der Waals surface area (Å²) in [5.41, 5.74) is 1.94. The van der Waals surface area contributed by atoms with Gasteiger partial charge in [-0.1, -0.05) is 0 Å². The second kappa shape index (κ2) is 10.2. The van der Waals surface area contributed by atoms with E-state index in [1.54, 1.807) is 17.0 Å². The smallest absolute Gasteiger partial charge is 0.323 e. The van der Waals surface area contributed by atoms with Crippen LogP contribution in [0.25, 0.3) is 0 Å². The molecule has 2 saturated heterocycles. The Bertz CT molecular complexity index is 1080. The Hall–Kier alpha value is -3.21. The van der Waals surface area contributed by atoms with Gasteiger partial charge in [-0.2, -0.15) is 0 Å². The normalized spacial score (nSPS) is 25.3. The van der Waals surface area contributed by atoms with Crippen molar-refractivity contribution in [2.24, 2.45) is 0 Å². The molecule has 186 valence electrons. The maximum atomic E-state index is 13.1. The van der Waals surface area contributed by atoms with Crippen molar-refractivity contribution >= 4 is 23.3 Å². The number of benzene rings is 2. The number of aliphatic hydroxyl groups is 1. The third-order valence-electron chi connectivity index (χ3n) is 6.63. The van der Waals surface area contributed by atoms with E-state index < -0.39 is 12.1 Å². The van der Waals surface area contributed by atoms with Gasteiger partial charge >= 0.3 is 6.03 Å². The minimum atomic E-state index is -0.554. The Morgan fingerprint density at radius 3 is 2.51 bits per heavy atom. The number of morpholine rings is 1. The highest BCUT2D eigenvalue weighted by molar-refractivity contribution is 5.99. The molecule has 0 bridgehead atoms. The van der Waals surface area contributed by atoms with E-state index in [2.05, 4.69) is 10.6 Å². The molecule has 10 heteroatoms. The van der Waals surface area contributed by atoms with E-state index in [0.29, 0.717) is 49.8 Å². The largest absolute Gasteiger partial charge is 0.487 e. The highest BCUT2D eigenvalue weighted by atomic mass is 19.1. The van der Waals surface area contributed by atoms with Gasteiger partial charge in [0.15, 0.2) is 0 Å². The van der Waals surface area contributed by atoms with E-state index in [0.717, 1.165) is 5.56 Å². The number of carbonyl (C=O) groups is 2. The summed E-state index contributed by atoms with van der Waals surface area (Å²) in [6.07, 6.45) is -0.478. The van der Waals surface area contributed by atoms with Crippen LogP contribution in [0.5, 0.6) is 5.75 Å². The zero-order valence-electron chi connectivity index (χ0n) is 19.1. The predicted octanol–water partition coefficient (Wildman–Crippen LogP) is 2.71. The van der Waals surface area contributed by atoms with Crippen LogP contribution in [0.3, 0.4) is 0 Å². The topological polar surface area (TPSA) is 109 Å². The molecule has 3 aliphatic rings. The molecular weight excluding hydrogens is 457 g/mol. The molecule has 0 aromatic heterocycles. The molecule has 3 N–H and O–H groups in total. The van der Waals surface area contributed by atoms with Crippen LogP contribution in [0.2, 0.25) is 0 Å². The molecule has 0 aliphatic carbocycles. The average Bonchev–Trinajstić information content (AvgIpc) is 3.23. The van der Waals surface area contributed by atoms with Crippen LogP contribution < -0.4 is 15.4 Å². The number of hydrogen-bond donors (Lipinski definition) is 3. The highest BCUT2D eigenvalue weighted by Crippen LogP contribution is 2.47. The van der Waals surface area contributed by atoms with Crippen LogP contribution in [-0.2, 0) is 14.3 Å². The molecule has 9 nitrogen and oxygen atoms in total. The Morgan fingerprint density at radius 2 is 1.77 bits per heavy atom. The molecule has 0 radical (unpaired) electrons. The molecule has 0 saturated carbocycles. The van der Waals surface area contributed by atoms with Crippen molar-refractivity contribution in [1.82, 2.24) is 4.90 Å². The lowest BCUT2D eigenvalue weighted by Gasteiger charge is -2.38. The first kappa shape index (κ1) is 23.5. The fourth-order valence-electron chi connectivity index (χ4n) is 4.93. The maximum Gasteiger partial charge on any atom is 0.323 e. The molecule has 2 aromatic rings. The summed E-state index contributed by atoms with van der Waals surface area (Å²) < 4.78 is 30.6. The number of carbonyl (C=O) groups excluding carboxylic acids is 2. The first-order valence-electron chi connectivity index (χ1n) is 11.8. The van der Waals surface area contributed by atoms with E-state index in [4.69, 9.17) is 14.2 Å². The van der Waals surface area contributed by atoms with E-state index in [-0.39, 0.29) is 42.9 Å². The molecule has 2 fully saturated rings. The van der Waals surface area contributed by atoms with Crippen LogP contribution in [0.15, 0.2) is 42.5 Å². The van der Waals surface area contributed by atoms with Gasteiger partial charge in [-0.25, -0.2) is 9.18 Å². The summed E-state index contributed by atoms with van der Waals surface area (Å²) in [4.78, 5) is 27.0. The first-order valence-corrected chi connectivity index (χ1v) is 11.8. The van der Waals surface area contributed by atoms with E-state index in [1.165, 1.54) is 24.3 Å². The summed E-state index contributed by atoms with van der Waals surface area (Å²) in [6, 6.07) is 10.4. The third-order valence-corrected chi connectivity index (χ3v) is 6.63. The lowest BCUT2D eigenvalue weighted by molar-refractivity contribution is -0.151. The highest BCUT2D eigenvalue weighted by Gasteiger charge is 2.46. The van der Waals surface area contributed by atoms with Crippen LogP contribution in [-0.4, -0.2) is 73.2 Å². The Labute approximate surface area is 202 Å². The van der Waals surface area contributed by atoms with Crippen molar-refractivity contribution in [3.05, 3.63) is 53.8 Å². The number of hydrogen-bond acceptors (Lipinski definition) is 6. The summed E-state index contributed by atoms with van der Waals surface area (Å²) in [5, 5.41) is 15.4. The molecule has 3 aliphatic heterocycles. The monoisotopic (exact) mass is 485 g/mol. The van der Waals surface area contributed by atoms with Gasteiger partial charge in [0.25, 0.3) is 0 Å². The number of nitrogens with one attached hydrogen (secondary N) is 2. The summed E-state index contributed by atoms with van der Waals surface area (Å²) in [7, 11) is 0. The molecule has 4 atom stereocenters. The van der Waals surface area contributed by atoms with Gasteiger partial charge in [0, 0.05) is 35.9 Å². The number of urea groups is 1. The van der Waals surface area contributed by atoms with Crippen LogP contribution >= 0.6 is 0 Å². The number of aliphatic hydroxyl groups excluding tert-OH is 1. The van der Waals surface area contributed by atoms with Gasteiger partial charge in [0.2, 0.25) is 5.91 Å². The molecule has 3 heterocycles. The van der Waals surface area contributed by atoms with Crippen molar-refractivity contribution in [1.29, 1.82) is 0 Å². The number of fused-ring (bicyclic) bond motifs is 3. The Morgan fingerprint density at radius 1 is 1.06 bits per heavy atom. The molecule has 0 unspecified atom stereocenters. The van der Waals surface area contributed by atoms with Crippen molar-refractivity contribution in [2.75, 3.05) is 43.5 Å². The van der Waals surface area contributed by atoms with Gasteiger partial charge < -0.3 is 34.9 Å². The number of rotatable bonds is 5. The van der Waals surface area contributed by atoms with Crippen molar-refractivity contribution in [3.63, 3.8) is 0 Å². The molecule has 35 heavy (non-hydrogen) atoms. The summed E-state index contributed by atoms with van der Waals surface area (Å²) in [5.74, 6) is 0.221. The summed E-state index contributed by atoms with van der Waals surface area (Å²) in [6.45, 7) is 1.99. The molecule has 0 spiro atoms. The van der Waals surface area contributed by atoms with Crippen LogP contribution in [0.1, 0.15) is 24.3 Å².